The molecule has 1 atom stereocenters. The van der Waals surface area contributed by atoms with E-state index < -0.39 is 5.97 Å². The Hall–Kier alpha value is -2.34. The quantitative estimate of drug-likeness (QED) is 0.729. The molecule has 0 aliphatic rings. The van der Waals surface area contributed by atoms with Gasteiger partial charge in [-0.15, -0.1) is 11.3 Å². The van der Waals surface area contributed by atoms with Crippen LogP contribution in [0, 0.1) is 6.92 Å². The Balaban J connectivity index is 2.04. The molecule has 2 rings (SSSR count). The fourth-order valence-electron chi connectivity index (χ4n) is 2.29. The van der Waals surface area contributed by atoms with Crippen molar-refractivity contribution in [2.75, 3.05) is 6.54 Å². The molecule has 122 valence electrons. The molecule has 0 spiro atoms. The minimum Gasteiger partial charge on any atom is -0.481 e. The van der Waals surface area contributed by atoms with Crippen LogP contribution >= 0.6 is 11.3 Å². The maximum atomic E-state index is 12.0. The standard InChI is InChI=1S/C17H20N2O3S/c1-12-8-10-23-16(12)14(11-13-5-3-2-4-6-13)19-17(22)18-9-7-15(20)21/h2-6,8,10,14H,7,9,11H2,1H3,(H,20,21)(H2,18,19,22). The molecule has 5 nitrogen and oxygen atoms in total. The van der Waals surface area contributed by atoms with Gasteiger partial charge < -0.3 is 15.7 Å². The van der Waals surface area contributed by atoms with E-state index in [9.17, 15) is 9.59 Å². The monoisotopic (exact) mass is 332 g/mol. The van der Waals surface area contributed by atoms with Crippen molar-refractivity contribution in [1.82, 2.24) is 10.6 Å². The number of urea groups is 1. The molecule has 0 saturated carbocycles. The van der Waals surface area contributed by atoms with Gasteiger partial charge in [-0.25, -0.2) is 4.79 Å². The van der Waals surface area contributed by atoms with Crippen LogP contribution in [0.4, 0.5) is 4.79 Å². The van der Waals surface area contributed by atoms with E-state index in [0.717, 1.165) is 16.0 Å². The van der Waals surface area contributed by atoms with Crippen molar-refractivity contribution in [2.24, 2.45) is 0 Å². The van der Waals surface area contributed by atoms with E-state index in [1.807, 2.05) is 48.7 Å². The number of hydrogen-bond acceptors (Lipinski definition) is 3. The van der Waals surface area contributed by atoms with Crippen LogP contribution in [0.25, 0.3) is 0 Å². The first kappa shape index (κ1) is 17.0. The van der Waals surface area contributed by atoms with Crippen LogP contribution in [0.5, 0.6) is 0 Å². The van der Waals surface area contributed by atoms with Crippen LogP contribution in [-0.4, -0.2) is 23.7 Å². The third-order valence-electron chi connectivity index (χ3n) is 3.43. The summed E-state index contributed by atoms with van der Waals surface area (Å²) in [5, 5.41) is 16.2. The summed E-state index contributed by atoms with van der Waals surface area (Å²) < 4.78 is 0. The number of thiophene rings is 1. The van der Waals surface area contributed by atoms with Crippen molar-refractivity contribution in [1.29, 1.82) is 0 Å². The molecule has 2 aromatic rings. The molecule has 1 unspecified atom stereocenters. The van der Waals surface area contributed by atoms with E-state index in [0.29, 0.717) is 6.42 Å². The van der Waals surface area contributed by atoms with Crippen LogP contribution in [0.1, 0.15) is 28.5 Å². The van der Waals surface area contributed by atoms with Gasteiger partial charge in [0, 0.05) is 11.4 Å². The number of hydrogen-bond donors (Lipinski definition) is 3. The number of carbonyl (C=O) groups is 2. The van der Waals surface area contributed by atoms with Crippen molar-refractivity contribution in [3.8, 4) is 0 Å². The number of rotatable bonds is 7. The molecule has 6 heteroatoms. The van der Waals surface area contributed by atoms with E-state index in [2.05, 4.69) is 10.6 Å². The van der Waals surface area contributed by atoms with E-state index >= 15 is 0 Å². The first-order valence-corrected chi connectivity index (χ1v) is 8.28. The number of amides is 2. The molecule has 0 saturated heterocycles. The maximum absolute atomic E-state index is 12.0. The van der Waals surface area contributed by atoms with E-state index in [1.54, 1.807) is 11.3 Å². The number of carboxylic acid groups (broad SMARTS) is 1. The van der Waals surface area contributed by atoms with Crippen molar-refractivity contribution >= 4 is 23.3 Å². The highest BCUT2D eigenvalue weighted by Gasteiger charge is 2.18. The third kappa shape index (κ3) is 5.41. The maximum Gasteiger partial charge on any atom is 0.315 e. The smallest absolute Gasteiger partial charge is 0.315 e. The summed E-state index contributed by atoms with van der Waals surface area (Å²) in [5.74, 6) is -0.930. The second-order valence-electron chi connectivity index (χ2n) is 5.25. The number of aliphatic carboxylic acids is 1. The predicted molar refractivity (Wildman–Crippen MR) is 90.7 cm³/mol. The van der Waals surface area contributed by atoms with Crippen LogP contribution in [0.15, 0.2) is 41.8 Å². The normalized spacial score (nSPS) is 11.7. The van der Waals surface area contributed by atoms with Gasteiger partial charge in [-0.1, -0.05) is 30.3 Å². The van der Waals surface area contributed by atoms with Crippen LogP contribution < -0.4 is 10.6 Å². The second-order valence-corrected chi connectivity index (χ2v) is 6.20. The zero-order valence-corrected chi connectivity index (χ0v) is 13.7. The largest absolute Gasteiger partial charge is 0.481 e. The first-order chi connectivity index (χ1) is 11.1. The van der Waals surface area contributed by atoms with Gasteiger partial charge in [0.05, 0.1) is 12.5 Å². The number of aryl methyl sites for hydroxylation is 1. The van der Waals surface area contributed by atoms with Gasteiger partial charge in [-0.2, -0.15) is 0 Å². The molecule has 0 aliphatic carbocycles. The minimum absolute atomic E-state index is 0.0885. The molecule has 2 amide bonds. The lowest BCUT2D eigenvalue weighted by Gasteiger charge is -2.19. The summed E-state index contributed by atoms with van der Waals surface area (Å²) in [7, 11) is 0. The fraction of sp³-hybridized carbons (Fsp3) is 0.294. The molecule has 1 heterocycles. The molecule has 0 fully saturated rings. The number of benzene rings is 1. The van der Waals surface area contributed by atoms with Gasteiger partial charge in [0.25, 0.3) is 0 Å². The van der Waals surface area contributed by atoms with Crippen molar-refractivity contribution in [3.05, 3.63) is 57.8 Å². The molecular weight excluding hydrogens is 312 g/mol. The average molecular weight is 332 g/mol. The lowest BCUT2D eigenvalue weighted by molar-refractivity contribution is -0.136. The average Bonchev–Trinajstić information content (AvgIpc) is 2.93. The molecule has 0 bridgehead atoms. The Morgan fingerprint density at radius 3 is 2.57 bits per heavy atom. The summed E-state index contributed by atoms with van der Waals surface area (Å²) >= 11 is 1.61. The fourth-order valence-corrected chi connectivity index (χ4v) is 3.27. The second kappa shape index (κ2) is 8.33. The van der Waals surface area contributed by atoms with Crippen LogP contribution in [0.2, 0.25) is 0 Å². The SMILES string of the molecule is Cc1ccsc1C(Cc1ccccc1)NC(=O)NCCC(=O)O. The Labute approximate surface area is 139 Å². The molecule has 3 N–H and O–H groups in total. The summed E-state index contributed by atoms with van der Waals surface area (Å²) in [6.07, 6.45) is 0.601. The van der Waals surface area contributed by atoms with E-state index in [4.69, 9.17) is 5.11 Å². The third-order valence-corrected chi connectivity index (χ3v) is 4.56. The number of carboxylic acids is 1. The van der Waals surface area contributed by atoms with Gasteiger partial charge in [0.1, 0.15) is 0 Å². The van der Waals surface area contributed by atoms with Crippen molar-refractivity contribution in [3.63, 3.8) is 0 Å². The lowest BCUT2D eigenvalue weighted by Crippen LogP contribution is -2.39. The van der Waals surface area contributed by atoms with Gasteiger partial charge in [-0.3, -0.25) is 4.79 Å². The van der Waals surface area contributed by atoms with E-state index in [-0.39, 0.29) is 25.0 Å². The summed E-state index contributed by atoms with van der Waals surface area (Å²) in [4.78, 5) is 23.6. The molecule has 1 aromatic heterocycles. The summed E-state index contributed by atoms with van der Waals surface area (Å²) in [5.41, 5.74) is 2.28. The lowest BCUT2D eigenvalue weighted by atomic mass is 10.0. The Bertz CT molecular complexity index is 655. The van der Waals surface area contributed by atoms with Gasteiger partial charge in [-0.05, 0) is 35.9 Å². The Morgan fingerprint density at radius 2 is 1.96 bits per heavy atom. The minimum atomic E-state index is -0.930. The van der Waals surface area contributed by atoms with E-state index in [1.165, 1.54) is 0 Å². The molecule has 0 aliphatic heterocycles. The highest BCUT2D eigenvalue weighted by Crippen LogP contribution is 2.26. The first-order valence-electron chi connectivity index (χ1n) is 7.40. The zero-order valence-electron chi connectivity index (χ0n) is 12.9. The van der Waals surface area contributed by atoms with Gasteiger partial charge in [0.2, 0.25) is 0 Å². The number of carbonyl (C=O) groups excluding carboxylic acids is 1. The van der Waals surface area contributed by atoms with Crippen molar-refractivity contribution < 1.29 is 14.7 Å². The number of nitrogens with one attached hydrogen (secondary N) is 2. The van der Waals surface area contributed by atoms with Gasteiger partial charge in [0.15, 0.2) is 0 Å². The predicted octanol–water partition coefficient (Wildman–Crippen LogP) is 3.11. The molecular formula is C17H20N2O3S. The zero-order chi connectivity index (χ0) is 16.7. The van der Waals surface area contributed by atoms with Gasteiger partial charge >= 0.3 is 12.0 Å². The summed E-state index contributed by atoms with van der Waals surface area (Å²) in [6.45, 7) is 2.14. The van der Waals surface area contributed by atoms with Crippen LogP contribution in [-0.2, 0) is 11.2 Å². The highest BCUT2D eigenvalue weighted by molar-refractivity contribution is 7.10. The topological polar surface area (TPSA) is 78.4 Å². The summed E-state index contributed by atoms with van der Waals surface area (Å²) in [6, 6.07) is 11.5. The highest BCUT2D eigenvalue weighted by atomic mass is 32.1. The Morgan fingerprint density at radius 1 is 1.22 bits per heavy atom. The molecule has 1 aromatic carbocycles. The molecule has 23 heavy (non-hydrogen) atoms. The van der Waals surface area contributed by atoms with Crippen molar-refractivity contribution in [2.45, 2.75) is 25.8 Å². The Kier molecular flexibility index (Phi) is 6.17. The molecule has 0 radical (unpaired) electrons. The van der Waals surface area contributed by atoms with Crippen LogP contribution in [0.3, 0.4) is 0 Å².